The van der Waals surface area contributed by atoms with E-state index in [1.165, 1.54) is 33.5 Å². The second kappa shape index (κ2) is 9.94. The number of nitrogen functional groups attached to an aromatic ring is 1. The third-order valence-corrected chi connectivity index (χ3v) is 6.93. The number of fused-ring (bicyclic) bond motifs is 1. The van der Waals surface area contributed by atoms with Crippen LogP contribution in [-0.2, 0) is 6.54 Å². The van der Waals surface area contributed by atoms with Crippen LogP contribution in [-0.4, -0.2) is 6.73 Å². The number of hydrogen-bond donors (Lipinski definition) is 1. The van der Waals surface area contributed by atoms with Crippen LogP contribution in [0, 0.1) is 0 Å². The molecule has 5 heteroatoms. The van der Waals surface area contributed by atoms with E-state index in [0.29, 0.717) is 6.73 Å². The van der Waals surface area contributed by atoms with E-state index in [0.717, 1.165) is 18.0 Å². The minimum atomic E-state index is 0.606. The van der Waals surface area contributed by atoms with Crippen LogP contribution < -0.4 is 15.4 Å². The van der Waals surface area contributed by atoms with Crippen molar-refractivity contribution in [2.24, 2.45) is 0 Å². The maximum atomic E-state index is 5.82. The molecule has 0 saturated carbocycles. The van der Waals surface area contributed by atoms with E-state index >= 15 is 0 Å². The predicted octanol–water partition coefficient (Wildman–Crippen LogP) is 7.77. The summed E-state index contributed by atoms with van der Waals surface area (Å²) in [7, 11) is 0. The Labute approximate surface area is 202 Å². The van der Waals surface area contributed by atoms with Gasteiger partial charge in [0.25, 0.3) is 0 Å². The van der Waals surface area contributed by atoms with Gasteiger partial charge in [-0.3, -0.25) is 0 Å². The first-order valence-electron chi connectivity index (χ1n) is 10.7. The van der Waals surface area contributed by atoms with E-state index in [-0.39, 0.29) is 0 Å². The molecular formula is C28H24N2OS2. The Morgan fingerprint density at radius 3 is 1.88 bits per heavy atom. The first-order valence-corrected chi connectivity index (χ1v) is 12.6. The Morgan fingerprint density at radius 1 is 0.667 bits per heavy atom. The average Bonchev–Trinajstić information content (AvgIpc) is 3.60. The van der Waals surface area contributed by atoms with Crippen LogP contribution >= 0.6 is 22.7 Å². The van der Waals surface area contributed by atoms with Gasteiger partial charge in [-0.05, 0) is 86.2 Å². The van der Waals surface area contributed by atoms with Crippen molar-refractivity contribution >= 4 is 34.0 Å². The van der Waals surface area contributed by atoms with E-state index in [2.05, 4.69) is 75.0 Å². The molecule has 33 heavy (non-hydrogen) atoms. The number of ether oxygens (including phenoxy) is 1. The number of nitrogens with zero attached hydrogens (tertiary/aromatic N) is 1. The number of nitrogens with two attached hydrogens (primary N) is 1. The van der Waals surface area contributed by atoms with Crippen molar-refractivity contribution in [3.05, 3.63) is 112 Å². The summed E-state index contributed by atoms with van der Waals surface area (Å²) in [6, 6.07) is 29.1. The zero-order valence-electron chi connectivity index (χ0n) is 18.1. The highest BCUT2D eigenvalue weighted by Gasteiger charge is 2.16. The molecule has 2 aromatic heterocycles. The molecule has 0 amide bonds. The van der Waals surface area contributed by atoms with Crippen LogP contribution in [0.15, 0.2) is 106 Å². The normalized spacial score (nSPS) is 12.3. The van der Waals surface area contributed by atoms with E-state index in [1.807, 2.05) is 36.4 Å². The predicted molar refractivity (Wildman–Crippen MR) is 142 cm³/mol. The highest BCUT2D eigenvalue weighted by atomic mass is 32.1. The summed E-state index contributed by atoms with van der Waals surface area (Å²) in [5.74, 6) is 1.00. The fourth-order valence-electron chi connectivity index (χ4n) is 3.74. The maximum absolute atomic E-state index is 5.82. The molecule has 1 aliphatic heterocycles. The molecule has 3 heterocycles. The molecule has 0 unspecified atom stereocenters. The largest absolute Gasteiger partial charge is 0.473 e. The zero-order valence-corrected chi connectivity index (χ0v) is 19.7. The number of thiophene rings is 2. The minimum Gasteiger partial charge on any atom is -0.473 e. The summed E-state index contributed by atoms with van der Waals surface area (Å²) < 4.78 is 5.82. The number of hydrogen-bond acceptors (Lipinski definition) is 5. The van der Waals surface area contributed by atoms with E-state index < -0.39 is 0 Å². The number of rotatable bonds is 3. The Morgan fingerprint density at radius 2 is 1.27 bits per heavy atom. The zero-order chi connectivity index (χ0) is 22.5. The molecule has 0 fully saturated rings. The van der Waals surface area contributed by atoms with E-state index in [9.17, 15) is 0 Å². The van der Waals surface area contributed by atoms with Crippen molar-refractivity contribution < 1.29 is 4.74 Å². The summed E-state index contributed by atoms with van der Waals surface area (Å²) in [4.78, 5) is 2.25. The van der Waals surface area contributed by atoms with Crippen LogP contribution in [0.25, 0.3) is 22.3 Å². The van der Waals surface area contributed by atoms with Crippen LogP contribution in [0.1, 0.15) is 5.56 Å². The lowest BCUT2D eigenvalue weighted by Gasteiger charge is -2.30. The number of benzene rings is 3. The van der Waals surface area contributed by atoms with Gasteiger partial charge < -0.3 is 15.4 Å². The molecule has 2 N–H and O–H groups in total. The van der Waals surface area contributed by atoms with Gasteiger partial charge in [-0.15, -0.1) is 0 Å². The Bertz CT molecular complexity index is 1280. The molecule has 0 spiro atoms. The average molecular weight is 469 g/mol. The highest BCUT2D eigenvalue weighted by Crippen LogP contribution is 2.30. The molecule has 0 aliphatic carbocycles. The highest BCUT2D eigenvalue weighted by molar-refractivity contribution is 7.08. The molecule has 0 radical (unpaired) electrons. The first kappa shape index (κ1) is 21.3. The van der Waals surface area contributed by atoms with Crippen LogP contribution in [0.4, 0.5) is 11.4 Å². The van der Waals surface area contributed by atoms with Gasteiger partial charge in [0.15, 0.2) is 6.73 Å². The summed E-state index contributed by atoms with van der Waals surface area (Å²) in [5, 5.41) is 8.49. The fraction of sp³-hybridized carbons (Fsp3) is 0.0714. The van der Waals surface area contributed by atoms with Crippen molar-refractivity contribution in [2.45, 2.75) is 6.54 Å². The monoisotopic (exact) mass is 468 g/mol. The van der Waals surface area contributed by atoms with Gasteiger partial charge in [0.05, 0.1) is 0 Å². The second-order valence-electron chi connectivity index (χ2n) is 7.77. The van der Waals surface area contributed by atoms with E-state index in [1.54, 1.807) is 22.7 Å². The van der Waals surface area contributed by atoms with Crippen LogP contribution in [0.5, 0.6) is 5.75 Å². The lowest BCUT2D eigenvalue weighted by atomic mass is 10.1. The summed E-state index contributed by atoms with van der Waals surface area (Å²) in [6.45, 7) is 1.50. The second-order valence-corrected chi connectivity index (χ2v) is 9.33. The van der Waals surface area contributed by atoms with Gasteiger partial charge in [-0.25, -0.2) is 0 Å². The molecule has 3 aromatic carbocycles. The van der Waals surface area contributed by atoms with Crippen molar-refractivity contribution in [3.8, 4) is 28.0 Å². The van der Waals surface area contributed by atoms with Gasteiger partial charge in [-0.1, -0.05) is 42.5 Å². The van der Waals surface area contributed by atoms with Gasteiger partial charge in [0.1, 0.15) is 5.75 Å². The van der Waals surface area contributed by atoms with Gasteiger partial charge in [0.2, 0.25) is 0 Å². The molecule has 0 bridgehead atoms. The molecule has 3 nitrogen and oxygen atoms in total. The number of anilines is 2. The maximum Gasteiger partial charge on any atom is 0.161 e. The molecule has 5 aromatic rings. The molecule has 1 aliphatic rings. The minimum absolute atomic E-state index is 0.606. The van der Waals surface area contributed by atoms with Crippen molar-refractivity contribution in [3.63, 3.8) is 0 Å². The van der Waals surface area contributed by atoms with Crippen molar-refractivity contribution in [1.82, 2.24) is 0 Å². The topological polar surface area (TPSA) is 38.5 Å². The SMILES string of the molecule is Nc1ccc(-c2ccsc2)cc1.c1ccc2c(c1)CN(c1ccc(-c3ccsc3)cc1)CO2. The fourth-order valence-corrected chi connectivity index (χ4v) is 5.07. The molecular weight excluding hydrogens is 444 g/mol. The molecule has 0 atom stereocenters. The van der Waals surface area contributed by atoms with Crippen LogP contribution in [0.2, 0.25) is 0 Å². The van der Waals surface area contributed by atoms with E-state index in [4.69, 9.17) is 10.5 Å². The summed E-state index contributed by atoms with van der Waals surface area (Å²) in [6.07, 6.45) is 0. The Kier molecular flexibility index (Phi) is 6.42. The summed E-state index contributed by atoms with van der Waals surface area (Å²) in [5.41, 5.74) is 13.9. The van der Waals surface area contributed by atoms with Crippen LogP contribution in [0.3, 0.4) is 0 Å². The lowest BCUT2D eigenvalue weighted by Crippen LogP contribution is -2.31. The van der Waals surface area contributed by atoms with Gasteiger partial charge in [-0.2, -0.15) is 22.7 Å². The smallest absolute Gasteiger partial charge is 0.161 e. The number of para-hydroxylation sites is 1. The first-order chi connectivity index (χ1) is 16.3. The third kappa shape index (κ3) is 5.11. The Hall–Kier alpha value is -3.54. The third-order valence-electron chi connectivity index (χ3n) is 5.56. The van der Waals surface area contributed by atoms with Gasteiger partial charge in [0, 0.05) is 23.5 Å². The van der Waals surface area contributed by atoms with Crippen molar-refractivity contribution in [1.29, 1.82) is 0 Å². The quantitative estimate of drug-likeness (QED) is 0.275. The van der Waals surface area contributed by atoms with Crippen molar-refractivity contribution in [2.75, 3.05) is 17.4 Å². The molecule has 6 rings (SSSR count). The molecule has 164 valence electrons. The van der Waals surface area contributed by atoms with Gasteiger partial charge >= 0.3 is 0 Å². The standard InChI is InChI=1S/C18H15NOS.C10H9NS/c1-2-4-18-15(3-1)11-19(13-20-18)17-7-5-14(6-8-17)16-9-10-21-12-16;11-10-3-1-8(2-4-10)9-5-6-12-7-9/h1-10,12H,11,13H2;1-7H,11H2. The Balaban J connectivity index is 0.000000162. The molecule has 0 saturated heterocycles. The summed E-state index contributed by atoms with van der Waals surface area (Å²) >= 11 is 3.44. The lowest BCUT2D eigenvalue weighted by molar-refractivity contribution is 0.289.